The molecule has 2 amide bonds. The summed E-state index contributed by atoms with van der Waals surface area (Å²) in [6.07, 6.45) is 1.64. The fourth-order valence-electron chi connectivity index (χ4n) is 3.63. The van der Waals surface area contributed by atoms with Crippen LogP contribution in [0.25, 0.3) is 0 Å². The summed E-state index contributed by atoms with van der Waals surface area (Å²) in [7, 11) is 3.09. The molecule has 3 aromatic carbocycles. The molecule has 0 bridgehead atoms. The van der Waals surface area contributed by atoms with Gasteiger partial charge in [0.25, 0.3) is 11.6 Å². The number of unbranched alkanes of at least 4 members (excludes halogenated alkanes) is 1. The van der Waals surface area contributed by atoms with Gasteiger partial charge in [-0.15, -0.1) is 0 Å². The highest BCUT2D eigenvalue weighted by Gasteiger charge is 2.21. The quantitative estimate of drug-likeness (QED) is 0.205. The molecular weight excluding hydrogens is 478 g/mol. The average molecular weight is 508 g/mol. The molecule has 0 aliphatic heterocycles. The second-order valence-electron chi connectivity index (χ2n) is 8.14. The maximum Gasteiger partial charge on any atom is 0.269 e. The Morgan fingerprint density at radius 1 is 0.919 bits per heavy atom. The number of ether oxygens (including phenoxy) is 3. The van der Waals surface area contributed by atoms with Gasteiger partial charge < -0.3 is 24.8 Å². The van der Waals surface area contributed by atoms with Crippen LogP contribution in [0.3, 0.4) is 0 Å². The maximum atomic E-state index is 13.5. The lowest BCUT2D eigenvalue weighted by molar-refractivity contribution is -0.384. The SMILES string of the molecule is COc1ccc(N(Cc2ccc(OCCCCC(N)=O)cc2OC)C(=O)c2ccc([N+](=O)[O-])cc2)cc1. The van der Waals surface area contributed by atoms with E-state index in [4.69, 9.17) is 19.9 Å². The van der Waals surface area contributed by atoms with Crippen molar-refractivity contribution in [2.24, 2.45) is 5.73 Å². The molecule has 0 unspecified atom stereocenters. The Kier molecular flexibility index (Phi) is 9.42. The van der Waals surface area contributed by atoms with Gasteiger partial charge >= 0.3 is 0 Å². The molecule has 0 aromatic heterocycles. The number of nitrogens with zero attached hydrogens (tertiary/aromatic N) is 2. The van der Waals surface area contributed by atoms with Gasteiger partial charge in [0.1, 0.15) is 17.2 Å². The predicted molar refractivity (Wildman–Crippen MR) is 138 cm³/mol. The molecule has 2 N–H and O–H groups in total. The molecular formula is C27H29N3O7. The summed E-state index contributed by atoms with van der Waals surface area (Å²) < 4.78 is 16.6. The molecule has 194 valence electrons. The number of primary amides is 1. The van der Waals surface area contributed by atoms with E-state index in [1.165, 1.54) is 31.4 Å². The Morgan fingerprint density at radius 3 is 2.19 bits per heavy atom. The number of nitro benzene ring substituents is 1. The summed E-state index contributed by atoms with van der Waals surface area (Å²) in [6, 6.07) is 17.8. The smallest absolute Gasteiger partial charge is 0.269 e. The fourth-order valence-corrected chi connectivity index (χ4v) is 3.63. The summed E-state index contributed by atoms with van der Waals surface area (Å²) in [5, 5.41) is 11.0. The van der Waals surface area contributed by atoms with E-state index >= 15 is 0 Å². The Bertz CT molecular complexity index is 1230. The molecule has 10 nitrogen and oxygen atoms in total. The fraction of sp³-hybridized carbons (Fsp3) is 0.259. The zero-order valence-electron chi connectivity index (χ0n) is 20.7. The molecule has 3 rings (SSSR count). The van der Waals surface area contributed by atoms with Gasteiger partial charge in [0, 0.05) is 41.4 Å². The first-order valence-electron chi connectivity index (χ1n) is 11.6. The van der Waals surface area contributed by atoms with Gasteiger partial charge in [-0.2, -0.15) is 0 Å². The van der Waals surface area contributed by atoms with Gasteiger partial charge in [-0.25, -0.2) is 0 Å². The Labute approximate surface area is 214 Å². The molecule has 0 spiro atoms. The lowest BCUT2D eigenvalue weighted by Crippen LogP contribution is -2.30. The van der Waals surface area contributed by atoms with Crippen LogP contribution >= 0.6 is 0 Å². The Balaban J connectivity index is 1.84. The topological polar surface area (TPSA) is 134 Å². The number of benzene rings is 3. The minimum atomic E-state index is -0.512. The number of rotatable bonds is 13. The molecule has 0 fully saturated rings. The number of non-ortho nitro benzene ring substituents is 1. The average Bonchev–Trinajstić information content (AvgIpc) is 2.91. The lowest BCUT2D eigenvalue weighted by Gasteiger charge is -2.24. The van der Waals surface area contributed by atoms with Gasteiger partial charge in [-0.3, -0.25) is 19.7 Å². The van der Waals surface area contributed by atoms with Crippen molar-refractivity contribution in [3.63, 3.8) is 0 Å². The maximum absolute atomic E-state index is 13.5. The number of hydrogen-bond acceptors (Lipinski definition) is 7. The minimum Gasteiger partial charge on any atom is -0.497 e. The first kappa shape index (κ1) is 27.0. The van der Waals surface area contributed by atoms with Gasteiger partial charge in [-0.1, -0.05) is 0 Å². The standard InChI is InChI=1S/C27H29N3O7/c1-35-23-14-11-21(12-15-23)29(27(32)19-6-9-22(10-7-19)30(33)34)18-20-8-13-24(17-25(20)36-2)37-16-4-3-5-26(28)31/h6-15,17H,3-5,16,18H2,1-2H3,(H2,28,31). The third kappa shape index (κ3) is 7.44. The highest BCUT2D eigenvalue weighted by molar-refractivity contribution is 6.06. The zero-order valence-corrected chi connectivity index (χ0v) is 20.7. The number of methoxy groups -OCH3 is 2. The zero-order chi connectivity index (χ0) is 26.8. The predicted octanol–water partition coefficient (Wildman–Crippen LogP) is 4.49. The van der Waals surface area contributed by atoms with Gasteiger partial charge in [0.15, 0.2) is 0 Å². The number of nitrogens with two attached hydrogens (primary N) is 1. The van der Waals surface area contributed by atoms with E-state index in [0.29, 0.717) is 54.4 Å². The number of carbonyl (C=O) groups excluding carboxylic acids is 2. The summed E-state index contributed by atoms with van der Waals surface area (Å²) >= 11 is 0. The molecule has 0 atom stereocenters. The van der Waals surface area contributed by atoms with Gasteiger partial charge in [-0.05, 0) is 61.4 Å². The van der Waals surface area contributed by atoms with Crippen molar-refractivity contribution in [2.45, 2.75) is 25.8 Å². The number of nitro groups is 1. The van der Waals surface area contributed by atoms with Crippen LogP contribution in [0.2, 0.25) is 0 Å². The molecule has 0 saturated carbocycles. The molecule has 0 aliphatic rings. The number of hydrogen-bond donors (Lipinski definition) is 1. The highest BCUT2D eigenvalue weighted by Crippen LogP contribution is 2.30. The Hall–Kier alpha value is -4.60. The van der Waals surface area contributed by atoms with Crippen LogP contribution in [-0.4, -0.2) is 37.6 Å². The first-order chi connectivity index (χ1) is 17.8. The third-order valence-corrected chi connectivity index (χ3v) is 5.63. The molecule has 0 aliphatic carbocycles. The van der Waals surface area contributed by atoms with Crippen molar-refractivity contribution in [1.29, 1.82) is 0 Å². The van der Waals surface area contributed by atoms with Crippen molar-refractivity contribution in [1.82, 2.24) is 0 Å². The molecule has 3 aromatic rings. The lowest BCUT2D eigenvalue weighted by atomic mass is 10.1. The van der Waals surface area contributed by atoms with Crippen LogP contribution in [-0.2, 0) is 11.3 Å². The second kappa shape index (κ2) is 12.9. The molecule has 37 heavy (non-hydrogen) atoms. The van der Waals surface area contributed by atoms with E-state index in [1.807, 2.05) is 6.07 Å². The van der Waals surface area contributed by atoms with Crippen LogP contribution < -0.4 is 24.8 Å². The number of carbonyl (C=O) groups is 2. The van der Waals surface area contributed by atoms with Crippen LogP contribution in [0.1, 0.15) is 35.2 Å². The first-order valence-corrected chi connectivity index (χ1v) is 11.6. The van der Waals surface area contributed by atoms with Gasteiger partial charge in [0.05, 0.1) is 32.3 Å². The van der Waals surface area contributed by atoms with Crippen molar-refractivity contribution < 1.29 is 28.7 Å². The summed E-state index contributed by atoms with van der Waals surface area (Å²) in [5.74, 6) is 1.09. The monoisotopic (exact) mass is 507 g/mol. The number of anilines is 1. The van der Waals surface area contributed by atoms with Crippen molar-refractivity contribution in [3.8, 4) is 17.2 Å². The largest absolute Gasteiger partial charge is 0.497 e. The van der Waals surface area contributed by atoms with Crippen LogP contribution in [0.4, 0.5) is 11.4 Å². The van der Waals surface area contributed by atoms with E-state index in [9.17, 15) is 19.7 Å². The van der Waals surface area contributed by atoms with Gasteiger partial charge in [0.2, 0.25) is 5.91 Å². The van der Waals surface area contributed by atoms with Crippen molar-refractivity contribution >= 4 is 23.2 Å². The Morgan fingerprint density at radius 2 is 1.59 bits per heavy atom. The van der Waals surface area contributed by atoms with E-state index < -0.39 is 4.92 Å². The normalized spacial score (nSPS) is 10.4. The summed E-state index contributed by atoms with van der Waals surface area (Å²) in [6.45, 7) is 0.594. The van der Waals surface area contributed by atoms with Crippen LogP contribution in [0, 0.1) is 10.1 Å². The highest BCUT2D eigenvalue weighted by atomic mass is 16.6. The third-order valence-electron chi connectivity index (χ3n) is 5.63. The van der Waals surface area contributed by atoms with Crippen molar-refractivity contribution in [2.75, 3.05) is 25.7 Å². The summed E-state index contributed by atoms with van der Waals surface area (Å²) in [5.41, 5.74) is 6.70. The molecule has 10 heteroatoms. The minimum absolute atomic E-state index is 0.0977. The van der Waals surface area contributed by atoms with Crippen molar-refractivity contribution in [3.05, 3.63) is 88.0 Å². The molecule has 0 heterocycles. The van der Waals surface area contributed by atoms with E-state index in [-0.39, 0.29) is 24.0 Å². The molecule has 0 saturated heterocycles. The molecule has 0 radical (unpaired) electrons. The van der Waals surface area contributed by atoms with E-state index in [0.717, 1.165) is 5.56 Å². The summed E-state index contributed by atoms with van der Waals surface area (Å²) in [4.78, 5) is 36.5. The van der Waals surface area contributed by atoms with Crippen LogP contribution in [0.5, 0.6) is 17.2 Å². The second-order valence-corrected chi connectivity index (χ2v) is 8.14. The van der Waals surface area contributed by atoms with Crippen LogP contribution in [0.15, 0.2) is 66.7 Å². The number of amides is 2. The van der Waals surface area contributed by atoms with E-state index in [1.54, 1.807) is 48.4 Å². The van der Waals surface area contributed by atoms with E-state index in [2.05, 4.69) is 0 Å².